The fourth-order valence-electron chi connectivity index (χ4n) is 5.41. The molecule has 0 spiro atoms. The Bertz CT molecular complexity index is 611. The number of halogens is 1. The van der Waals surface area contributed by atoms with E-state index in [-0.39, 0.29) is 5.82 Å². The number of nitrogens with zero attached hydrogens (tertiary/aromatic N) is 2. The van der Waals surface area contributed by atoms with Gasteiger partial charge in [-0.3, -0.25) is 4.79 Å². The summed E-state index contributed by atoms with van der Waals surface area (Å²) in [6, 6.07) is 7.61. The predicted molar refractivity (Wildman–Crippen MR) is 96.9 cm³/mol. The summed E-state index contributed by atoms with van der Waals surface area (Å²) in [7, 11) is 2.18. The number of likely N-dealkylation sites (tertiary alicyclic amines) is 2. The smallest absolute Gasteiger partial charge is 0.223 e. The van der Waals surface area contributed by atoms with Gasteiger partial charge < -0.3 is 9.80 Å². The van der Waals surface area contributed by atoms with E-state index in [0.717, 1.165) is 32.4 Å². The Balaban J connectivity index is 1.56. The number of benzene rings is 1. The molecule has 2 heterocycles. The second-order valence-corrected chi connectivity index (χ2v) is 8.24. The number of likely N-dealkylation sites (N-methyl/N-ethyl adjacent to an activating group) is 1. The lowest BCUT2D eigenvalue weighted by atomic mass is 9.86. The average Bonchev–Trinajstić information content (AvgIpc) is 3.24. The lowest BCUT2D eigenvalue weighted by molar-refractivity contribution is -0.134. The number of carbonyl (C=O) groups is 1. The summed E-state index contributed by atoms with van der Waals surface area (Å²) in [6.45, 7) is 1.88. The van der Waals surface area contributed by atoms with Crippen LogP contribution in [0.5, 0.6) is 0 Å². The molecule has 1 aromatic rings. The van der Waals surface area contributed by atoms with Gasteiger partial charge in [-0.15, -0.1) is 0 Å². The third-order valence-electron chi connectivity index (χ3n) is 6.68. The van der Waals surface area contributed by atoms with E-state index in [4.69, 9.17) is 0 Å². The lowest BCUT2D eigenvalue weighted by Gasteiger charge is -2.39. The minimum absolute atomic E-state index is 0.190. The van der Waals surface area contributed by atoms with Crippen LogP contribution in [0.15, 0.2) is 24.3 Å². The number of fused-ring (bicyclic) bond motifs is 1. The highest BCUT2D eigenvalue weighted by atomic mass is 19.1. The molecule has 0 bridgehead atoms. The first-order chi connectivity index (χ1) is 12.1. The van der Waals surface area contributed by atoms with Crippen LogP contribution < -0.4 is 0 Å². The van der Waals surface area contributed by atoms with Crippen LogP contribution in [-0.4, -0.2) is 47.9 Å². The maximum atomic E-state index is 13.3. The van der Waals surface area contributed by atoms with E-state index in [9.17, 15) is 9.18 Å². The molecular weight excluding hydrogens is 315 g/mol. The highest BCUT2D eigenvalue weighted by molar-refractivity contribution is 5.77. The third kappa shape index (κ3) is 3.33. The predicted octanol–water partition coefficient (Wildman–Crippen LogP) is 3.79. The molecule has 3 fully saturated rings. The molecule has 0 unspecified atom stereocenters. The molecule has 1 saturated carbocycles. The van der Waals surface area contributed by atoms with E-state index in [1.807, 2.05) is 12.1 Å². The van der Waals surface area contributed by atoms with Gasteiger partial charge in [0, 0.05) is 31.0 Å². The zero-order valence-corrected chi connectivity index (χ0v) is 15.2. The number of hydrogen-bond acceptors (Lipinski definition) is 2. The molecule has 3 aliphatic rings. The zero-order valence-electron chi connectivity index (χ0n) is 15.2. The Kier molecular flexibility index (Phi) is 4.81. The molecule has 0 radical (unpaired) electrons. The number of hydrogen-bond donors (Lipinski definition) is 0. The molecule has 3 nitrogen and oxygen atoms in total. The van der Waals surface area contributed by atoms with Crippen molar-refractivity contribution in [1.29, 1.82) is 0 Å². The first kappa shape index (κ1) is 17.0. The SMILES string of the molecule is CN1CCC[C@@H]2[C@H]1[C@@H](c1ccc(F)cc1)CN2C(=O)CC1CCCC1. The van der Waals surface area contributed by atoms with Crippen LogP contribution >= 0.6 is 0 Å². The quantitative estimate of drug-likeness (QED) is 0.833. The van der Waals surface area contributed by atoms with E-state index in [0.29, 0.717) is 29.8 Å². The lowest BCUT2D eigenvalue weighted by Crippen LogP contribution is -2.50. The van der Waals surface area contributed by atoms with Crippen molar-refractivity contribution in [3.8, 4) is 0 Å². The van der Waals surface area contributed by atoms with Crippen LogP contribution in [0, 0.1) is 11.7 Å². The summed E-state index contributed by atoms with van der Waals surface area (Å²) in [5, 5.41) is 0. The van der Waals surface area contributed by atoms with E-state index >= 15 is 0 Å². The van der Waals surface area contributed by atoms with Crippen molar-refractivity contribution in [3.05, 3.63) is 35.6 Å². The summed E-state index contributed by atoms with van der Waals surface area (Å²) in [5.74, 6) is 1.05. The molecule has 3 atom stereocenters. The highest BCUT2D eigenvalue weighted by Gasteiger charge is 2.47. The summed E-state index contributed by atoms with van der Waals surface area (Å²) >= 11 is 0. The number of piperidine rings is 1. The molecular formula is C21H29FN2O. The summed E-state index contributed by atoms with van der Waals surface area (Å²) < 4.78 is 13.3. The first-order valence-corrected chi connectivity index (χ1v) is 9.88. The molecule has 136 valence electrons. The monoisotopic (exact) mass is 344 g/mol. The molecule has 2 saturated heterocycles. The summed E-state index contributed by atoms with van der Waals surface area (Å²) in [5.41, 5.74) is 1.17. The van der Waals surface area contributed by atoms with Crippen LogP contribution in [0.4, 0.5) is 4.39 Å². The molecule has 2 aliphatic heterocycles. The molecule has 4 heteroatoms. The van der Waals surface area contributed by atoms with Gasteiger partial charge in [0.15, 0.2) is 0 Å². The van der Waals surface area contributed by atoms with Crippen molar-refractivity contribution in [3.63, 3.8) is 0 Å². The van der Waals surface area contributed by atoms with Crippen molar-refractivity contribution in [1.82, 2.24) is 9.80 Å². The van der Waals surface area contributed by atoms with Gasteiger partial charge >= 0.3 is 0 Å². The van der Waals surface area contributed by atoms with Gasteiger partial charge in [0.05, 0.1) is 0 Å². The second kappa shape index (κ2) is 7.06. The van der Waals surface area contributed by atoms with Gasteiger partial charge in [-0.2, -0.15) is 0 Å². The minimum atomic E-state index is -0.190. The zero-order chi connectivity index (χ0) is 17.4. The average molecular weight is 344 g/mol. The van der Waals surface area contributed by atoms with Gasteiger partial charge in [0.1, 0.15) is 5.82 Å². The highest BCUT2D eigenvalue weighted by Crippen LogP contribution is 2.40. The standard InChI is InChI=1S/C21H29FN2O/c1-23-12-4-7-19-21(23)18(16-8-10-17(22)11-9-16)14-24(19)20(25)13-15-5-2-3-6-15/h8-11,15,18-19,21H,2-7,12-14H2,1H3/t18-,19-,21-/m1/s1. The van der Waals surface area contributed by atoms with Crippen molar-refractivity contribution in [2.75, 3.05) is 20.1 Å². The van der Waals surface area contributed by atoms with Crippen LogP contribution in [0.25, 0.3) is 0 Å². The van der Waals surface area contributed by atoms with Crippen LogP contribution in [0.1, 0.15) is 56.4 Å². The van der Waals surface area contributed by atoms with Gasteiger partial charge in [0.25, 0.3) is 0 Å². The van der Waals surface area contributed by atoms with Crippen LogP contribution in [0.3, 0.4) is 0 Å². The minimum Gasteiger partial charge on any atom is -0.337 e. The molecule has 1 aromatic carbocycles. The molecule has 0 aromatic heterocycles. The molecule has 4 rings (SSSR count). The van der Waals surface area contributed by atoms with E-state index in [2.05, 4.69) is 16.8 Å². The fourth-order valence-corrected chi connectivity index (χ4v) is 5.41. The Morgan fingerprint density at radius 1 is 1.12 bits per heavy atom. The Morgan fingerprint density at radius 3 is 2.56 bits per heavy atom. The van der Waals surface area contributed by atoms with E-state index in [1.54, 1.807) is 12.1 Å². The topological polar surface area (TPSA) is 23.6 Å². The van der Waals surface area contributed by atoms with Crippen LogP contribution in [-0.2, 0) is 4.79 Å². The maximum absolute atomic E-state index is 13.3. The van der Waals surface area contributed by atoms with Gasteiger partial charge in [-0.25, -0.2) is 4.39 Å². The Hall–Kier alpha value is -1.42. The maximum Gasteiger partial charge on any atom is 0.223 e. The van der Waals surface area contributed by atoms with Crippen molar-refractivity contribution in [2.45, 2.75) is 62.9 Å². The van der Waals surface area contributed by atoms with Crippen LogP contribution in [0.2, 0.25) is 0 Å². The summed E-state index contributed by atoms with van der Waals surface area (Å²) in [6.07, 6.45) is 7.98. The fraction of sp³-hybridized carbons (Fsp3) is 0.667. The molecule has 25 heavy (non-hydrogen) atoms. The normalized spacial score (nSPS) is 30.6. The number of carbonyl (C=O) groups excluding carboxylic acids is 1. The second-order valence-electron chi connectivity index (χ2n) is 8.24. The van der Waals surface area contributed by atoms with E-state index < -0.39 is 0 Å². The van der Waals surface area contributed by atoms with Crippen molar-refractivity contribution >= 4 is 5.91 Å². The molecule has 1 amide bonds. The van der Waals surface area contributed by atoms with Gasteiger partial charge in [-0.05, 0) is 62.9 Å². The summed E-state index contributed by atoms with van der Waals surface area (Å²) in [4.78, 5) is 17.6. The van der Waals surface area contributed by atoms with Gasteiger partial charge in [0.2, 0.25) is 5.91 Å². The number of amides is 1. The number of rotatable bonds is 3. The van der Waals surface area contributed by atoms with Gasteiger partial charge in [-0.1, -0.05) is 25.0 Å². The third-order valence-corrected chi connectivity index (χ3v) is 6.68. The van der Waals surface area contributed by atoms with E-state index in [1.165, 1.54) is 31.2 Å². The van der Waals surface area contributed by atoms with Crippen molar-refractivity contribution < 1.29 is 9.18 Å². The first-order valence-electron chi connectivity index (χ1n) is 9.88. The Labute approximate surface area is 150 Å². The molecule has 0 N–H and O–H groups in total. The Morgan fingerprint density at radius 2 is 1.84 bits per heavy atom. The molecule has 1 aliphatic carbocycles. The van der Waals surface area contributed by atoms with Crippen molar-refractivity contribution in [2.24, 2.45) is 5.92 Å². The largest absolute Gasteiger partial charge is 0.337 e.